The number of aliphatic hydroxyl groups is 1. The Morgan fingerprint density at radius 1 is 0.871 bits per heavy atom. The van der Waals surface area contributed by atoms with Crippen molar-refractivity contribution in [3.05, 3.63) is 54.6 Å². The monoisotopic (exact) mass is 424 g/mol. The van der Waals surface area contributed by atoms with Crippen molar-refractivity contribution >= 4 is 16.7 Å². The largest absolute Gasteiger partial charge is 0.426 e. The van der Waals surface area contributed by atoms with Gasteiger partial charge >= 0.3 is 5.97 Å². The predicted octanol–water partition coefficient (Wildman–Crippen LogP) is 7.75. The summed E-state index contributed by atoms with van der Waals surface area (Å²) in [5, 5.41) is 12.1. The Hall–Kier alpha value is -2.13. The van der Waals surface area contributed by atoms with Gasteiger partial charge in [0.2, 0.25) is 0 Å². The molecular formula is C28H40O3. The molecule has 0 radical (unpaired) electrons. The number of allylic oxidation sites excluding steroid dienone is 2. The van der Waals surface area contributed by atoms with E-state index in [1.165, 1.54) is 25.7 Å². The zero-order valence-electron chi connectivity index (χ0n) is 19.2. The SMILES string of the molecule is CCCCC/C=C\CC[C@H](O)CCCCCCCC(=O)Oc1cccc2ccccc12. The van der Waals surface area contributed by atoms with Gasteiger partial charge in [-0.05, 0) is 50.0 Å². The van der Waals surface area contributed by atoms with E-state index in [0.717, 1.165) is 62.1 Å². The maximum absolute atomic E-state index is 12.2. The van der Waals surface area contributed by atoms with E-state index in [-0.39, 0.29) is 12.1 Å². The summed E-state index contributed by atoms with van der Waals surface area (Å²) in [5.41, 5.74) is 0. The topological polar surface area (TPSA) is 46.5 Å². The maximum atomic E-state index is 12.2. The van der Waals surface area contributed by atoms with Gasteiger partial charge in [-0.15, -0.1) is 0 Å². The van der Waals surface area contributed by atoms with E-state index in [1.54, 1.807) is 0 Å². The normalized spacial score (nSPS) is 12.5. The number of hydrogen-bond donors (Lipinski definition) is 1. The quantitative estimate of drug-likeness (QED) is 0.130. The van der Waals surface area contributed by atoms with Gasteiger partial charge in [0.1, 0.15) is 5.75 Å². The number of hydrogen-bond acceptors (Lipinski definition) is 3. The Balaban J connectivity index is 1.48. The number of carbonyl (C=O) groups excluding carboxylic acids is 1. The van der Waals surface area contributed by atoms with Gasteiger partial charge in [-0.3, -0.25) is 4.79 Å². The zero-order chi connectivity index (χ0) is 22.2. The first-order chi connectivity index (χ1) is 15.2. The van der Waals surface area contributed by atoms with Crippen LogP contribution >= 0.6 is 0 Å². The van der Waals surface area contributed by atoms with Crippen molar-refractivity contribution in [1.29, 1.82) is 0 Å². The van der Waals surface area contributed by atoms with Crippen molar-refractivity contribution < 1.29 is 14.6 Å². The van der Waals surface area contributed by atoms with Crippen molar-refractivity contribution in [2.24, 2.45) is 0 Å². The standard InChI is InChI=1S/C28H40O3/c1-2-3-4-5-6-8-11-19-25(29)20-12-9-7-10-13-23-28(30)31-27-22-16-18-24-17-14-15-21-26(24)27/h6,8,14-18,21-22,25,29H,2-5,7,9-13,19-20,23H2,1H3/b8-6-/t25-/m0/s1. The maximum Gasteiger partial charge on any atom is 0.311 e. The summed E-state index contributed by atoms with van der Waals surface area (Å²) >= 11 is 0. The summed E-state index contributed by atoms with van der Waals surface area (Å²) in [4.78, 5) is 12.2. The Morgan fingerprint density at radius 3 is 2.48 bits per heavy atom. The minimum atomic E-state index is -0.184. The number of ether oxygens (including phenoxy) is 1. The van der Waals surface area contributed by atoms with Gasteiger partial charge in [0.05, 0.1) is 6.10 Å². The van der Waals surface area contributed by atoms with Crippen molar-refractivity contribution in [2.75, 3.05) is 0 Å². The number of fused-ring (bicyclic) bond motifs is 1. The van der Waals surface area contributed by atoms with Crippen LogP contribution in [0, 0.1) is 0 Å². The first kappa shape index (κ1) is 25.1. The predicted molar refractivity (Wildman–Crippen MR) is 130 cm³/mol. The third-order valence-electron chi connectivity index (χ3n) is 5.70. The lowest BCUT2D eigenvalue weighted by Crippen LogP contribution is -2.08. The van der Waals surface area contributed by atoms with Crippen LogP contribution in [0.1, 0.15) is 90.4 Å². The van der Waals surface area contributed by atoms with Gasteiger partial charge in [0.15, 0.2) is 0 Å². The van der Waals surface area contributed by atoms with Crippen LogP contribution in [0.2, 0.25) is 0 Å². The fourth-order valence-corrected chi connectivity index (χ4v) is 3.82. The van der Waals surface area contributed by atoms with Crippen molar-refractivity contribution in [1.82, 2.24) is 0 Å². The van der Waals surface area contributed by atoms with E-state index in [0.29, 0.717) is 12.2 Å². The molecule has 170 valence electrons. The molecule has 0 aromatic heterocycles. The van der Waals surface area contributed by atoms with Crippen molar-refractivity contribution in [3.63, 3.8) is 0 Å². The second-order valence-corrected chi connectivity index (χ2v) is 8.46. The van der Waals surface area contributed by atoms with E-state index >= 15 is 0 Å². The van der Waals surface area contributed by atoms with Crippen LogP contribution in [-0.4, -0.2) is 17.2 Å². The molecule has 0 unspecified atom stereocenters. The van der Waals surface area contributed by atoms with Gasteiger partial charge in [0, 0.05) is 11.8 Å². The first-order valence-corrected chi connectivity index (χ1v) is 12.2. The number of rotatable bonds is 16. The molecule has 3 heteroatoms. The van der Waals surface area contributed by atoms with Gasteiger partial charge in [-0.25, -0.2) is 0 Å². The van der Waals surface area contributed by atoms with Gasteiger partial charge in [0.25, 0.3) is 0 Å². The molecule has 0 saturated carbocycles. The number of benzene rings is 2. The van der Waals surface area contributed by atoms with Crippen LogP contribution in [0.5, 0.6) is 5.75 Å². The summed E-state index contributed by atoms with van der Waals surface area (Å²) in [6.45, 7) is 2.22. The summed E-state index contributed by atoms with van der Waals surface area (Å²) in [6, 6.07) is 13.7. The molecular weight excluding hydrogens is 384 g/mol. The van der Waals surface area contributed by atoms with E-state index < -0.39 is 0 Å². The molecule has 0 amide bonds. The molecule has 31 heavy (non-hydrogen) atoms. The lowest BCUT2D eigenvalue weighted by Gasteiger charge is -2.09. The Bertz CT molecular complexity index is 775. The van der Waals surface area contributed by atoms with Crippen LogP contribution in [0.15, 0.2) is 54.6 Å². The van der Waals surface area contributed by atoms with Crippen molar-refractivity contribution in [2.45, 2.75) is 96.5 Å². The molecule has 0 heterocycles. The molecule has 2 aromatic rings. The summed E-state index contributed by atoms with van der Waals surface area (Å²) in [7, 11) is 0. The molecule has 0 saturated heterocycles. The van der Waals surface area contributed by atoms with Crippen LogP contribution < -0.4 is 4.74 Å². The molecule has 0 spiro atoms. The van der Waals surface area contributed by atoms with Crippen LogP contribution in [0.3, 0.4) is 0 Å². The smallest absolute Gasteiger partial charge is 0.311 e. The Morgan fingerprint density at radius 2 is 1.61 bits per heavy atom. The van der Waals surface area contributed by atoms with Gasteiger partial charge < -0.3 is 9.84 Å². The number of esters is 1. The second-order valence-electron chi connectivity index (χ2n) is 8.46. The minimum absolute atomic E-state index is 0.158. The molecule has 0 aliphatic carbocycles. The molecule has 0 aliphatic heterocycles. The lowest BCUT2D eigenvalue weighted by atomic mass is 10.0. The number of aliphatic hydroxyl groups excluding tert-OH is 1. The highest BCUT2D eigenvalue weighted by molar-refractivity contribution is 5.90. The highest BCUT2D eigenvalue weighted by Crippen LogP contribution is 2.25. The van der Waals surface area contributed by atoms with Gasteiger partial charge in [-0.2, -0.15) is 0 Å². The minimum Gasteiger partial charge on any atom is -0.426 e. The summed E-state index contributed by atoms with van der Waals surface area (Å²) in [5.74, 6) is 0.488. The molecule has 2 rings (SSSR count). The molecule has 0 bridgehead atoms. The summed E-state index contributed by atoms with van der Waals surface area (Å²) in [6.07, 6.45) is 17.6. The van der Waals surface area contributed by atoms with E-state index in [2.05, 4.69) is 19.1 Å². The van der Waals surface area contributed by atoms with Crippen molar-refractivity contribution in [3.8, 4) is 5.75 Å². The summed E-state index contributed by atoms with van der Waals surface area (Å²) < 4.78 is 5.58. The molecule has 0 fully saturated rings. The van der Waals surface area contributed by atoms with Crippen LogP contribution in [-0.2, 0) is 4.79 Å². The Kier molecular flexibility index (Phi) is 12.7. The van der Waals surface area contributed by atoms with E-state index in [4.69, 9.17) is 4.74 Å². The highest BCUT2D eigenvalue weighted by Gasteiger charge is 2.08. The third-order valence-corrected chi connectivity index (χ3v) is 5.70. The molecule has 3 nitrogen and oxygen atoms in total. The Labute approximate surface area is 188 Å². The molecule has 2 aromatic carbocycles. The highest BCUT2D eigenvalue weighted by atomic mass is 16.5. The molecule has 1 N–H and O–H groups in total. The third kappa shape index (κ3) is 10.6. The second kappa shape index (κ2) is 15.6. The van der Waals surface area contributed by atoms with E-state index in [1.807, 2.05) is 42.5 Å². The lowest BCUT2D eigenvalue weighted by molar-refractivity contribution is -0.134. The average Bonchev–Trinajstić information content (AvgIpc) is 2.78. The van der Waals surface area contributed by atoms with Crippen LogP contribution in [0.25, 0.3) is 10.8 Å². The average molecular weight is 425 g/mol. The zero-order valence-corrected chi connectivity index (χ0v) is 19.2. The molecule has 1 atom stereocenters. The van der Waals surface area contributed by atoms with Gasteiger partial charge in [-0.1, -0.05) is 94.0 Å². The fraction of sp³-hybridized carbons (Fsp3) is 0.536. The first-order valence-electron chi connectivity index (χ1n) is 12.2. The van der Waals surface area contributed by atoms with E-state index in [9.17, 15) is 9.90 Å². The fourth-order valence-electron chi connectivity index (χ4n) is 3.82. The number of unbranched alkanes of at least 4 members (excludes halogenated alkanes) is 7. The molecule has 0 aliphatic rings. The van der Waals surface area contributed by atoms with Crippen LogP contribution in [0.4, 0.5) is 0 Å². The number of carbonyl (C=O) groups is 1.